The van der Waals surface area contributed by atoms with Crippen LogP contribution < -0.4 is 20.3 Å². The monoisotopic (exact) mass is 369 g/mol. The van der Waals surface area contributed by atoms with Gasteiger partial charge in [0.05, 0.1) is 6.61 Å². The average Bonchev–Trinajstić information content (AvgIpc) is 2.67. The molecule has 0 aliphatic rings. The van der Waals surface area contributed by atoms with Crippen LogP contribution in [0.5, 0.6) is 5.75 Å². The Kier molecular flexibility index (Phi) is 7.92. The lowest BCUT2D eigenvalue weighted by atomic mass is 10.1. The third-order valence-electron chi connectivity index (χ3n) is 4.08. The normalized spacial score (nSPS) is 11.2. The maximum Gasteiger partial charge on any atom is 0.191 e. The molecule has 0 saturated heterocycles. The molecule has 27 heavy (non-hydrogen) atoms. The van der Waals surface area contributed by atoms with Gasteiger partial charge in [0.25, 0.3) is 0 Å². The van der Waals surface area contributed by atoms with E-state index in [9.17, 15) is 0 Å². The van der Waals surface area contributed by atoms with Crippen molar-refractivity contribution in [1.82, 2.24) is 15.6 Å². The minimum atomic E-state index is 0.651. The van der Waals surface area contributed by atoms with Crippen molar-refractivity contribution in [1.29, 1.82) is 0 Å². The second-order valence-electron chi connectivity index (χ2n) is 6.66. The zero-order valence-electron chi connectivity index (χ0n) is 17.0. The smallest absolute Gasteiger partial charge is 0.191 e. The van der Waals surface area contributed by atoms with Crippen molar-refractivity contribution in [3.63, 3.8) is 0 Å². The Labute approximate surface area is 162 Å². The van der Waals surface area contributed by atoms with Gasteiger partial charge in [0, 0.05) is 46.0 Å². The standard InChI is InChI=1S/C21H31N5O/c1-6-11-27-19-12-16(2)7-8-18(19)15-25-21(22-3)24-14-17-9-10-23-20(13-17)26(4)5/h7-10,12-13H,6,11,14-15H2,1-5H3,(H2,22,24,25). The van der Waals surface area contributed by atoms with E-state index in [2.05, 4.69) is 58.7 Å². The summed E-state index contributed by atoms with van der Waals surface area (Å²) in [6.07, 6.45) is 2.82. The minimum Gasteiger partial charge on any atom is -0.493 e. The predicted octanol–water partition coefficient (Wildman–Crippen LogP) is 3.11. The molecule has 0 saturated carbocycles. The number of aryl methyl sites for hydroxylation is 1. The van der Waals surface area contributed by atoms with Gasteiger partial charge in [0.1, 0.15) is 11.6 Å². The molecule has 0 aliphatic heterocycles. The zero-order chi connectivity index (χ0) is 19.6. The fraction of sp³-hybridized carbons (Fsp3) is 0.429. The number of aromatic nitrogens is 1. The molecule has 0 amide bonds. The second kappa shape index (κ2) is 10.4. The number of aliphatic imine (C=N–C) groups is 1. The number of hydrogen-bond acceptors (Lipinski definition) is 4. The van der Waals surface area contributed by atoms with Crippen LogP contribution in [-0.4, -0.2) is 38.7 Å². The lowest BCUT2D eigenvalue weighted by Crippen LogP contribution is -2.36. The van der Waals surface area contributed by atoms with Gasteiger partial charge in [-0.25, -0.2) is 4.98 Å². The predicted molar refractivity (Wildman–Crippen MR) is 113 cm³/mol. The van der Waals surface area contributed by atoms with Gasteiger partial charge < -0.3 is 20.3 Å². The molecule has 0 bridgehead atoms. The first-order valence-corrected chi connectivity index (χ1v) is 9.32. The van der Waals surface area contributed by atoms with Crippen LogP contribution in [0, 0.1) is 6.92 Å². The van der Waals surface area contributed by atoms with E-state index in [1.807, 2.05) is 31.3 Å². The molecule has 1 aromatic heterocycles. The summed E-state index contributed by atoms with van der Waals surface area (Å²) in [7, 11) is 5.75. The van der Waals surface area contributed by atoms with E-state index in [1.165, 1.54) is 5.56 Å². The molecule has 0 atom stereocenters. The van der Waals surface area contributed by atoms with Crippen LogP contribution in [0.4, 0.5) is 5.82 Å². The lowest BCUT2D eigenvalue weighted by molar-refractivity contribution is 0.313. The molecule has 6 heteroatoms. The van der Waals surface area contributed by atoms with Crippen LogP contribution in [0.15, 0.2) is 41.5 Å². The Morgan fingerprint density at radius 3 is 2.63 bits per heavy atom. The Morgan fingerprint density at radius 1 is 1.15 bits per heavy atom. The molecule has 0 spiro atoms. The fourth-order valence-electron chi connectivity index (χ4n) is 2.55. The van der Waals surface area contributed by atoms with Crippen molar-refractivity contribution in [2.24, 2.45) is 4.99 Å². The quantitative estimate of drug-likeness (QED) is 0.553. The number of anilines is 1. The topological polar surface area (TPSA) is 61.8 Å². The highest BCUT2D eigenvalue weighted by molar-refractivity contribution is 5.79. The highest BCUT2D eigenvalue weighted by Gasteiger charge is 2.06. The summed E-state index contributed by atoms with van der Waals surface area (Å²) >= 11 is 0. The molecule has 2 N–H and O–H groups in total. The van der Waals surface area contributed by atoms with Crippen LogP contribution in [-0.2, 0) is 13.1 Å². The van der Waals surface area contributed by atoms with Crippen molar-refractivity contribution in [3.8, 4) is 5.75 Å². The number of ether oxygens (including phenoxy) is 1. The summed E-state index contributed by atoms with van der Waals surface area (Å²) in [6.45, 7) is 6.24. The Bertz CT molecular complexity index is 758. The average molecular weight is 370 g/mol. The Hall–Kier alpha value is -2.76. The number of rotatable bonds is 8. The molecular formula is C21H31N5O. The summed E-state index contributed by atoms with van der Waals surface area (Å²) < 4.78 is 5.89. The summed E-state index contributed by atoms with van der Waals surface area (Å²) in [4.78, 5) is 10.6. The molecular weight excluding hydrogens is 338 g/mol. The third kappa shape index (κ3) is 6.47. The van der Waals surface area contributed by atoms with Gasteiger partial charge in [-0.2, -0.15) is 0 Å². The fourth-order valence-corrected chi connectivity index (χ4v) is 2.55. The number of benzene rings is 1. The largest absolute Gasteiger partial charge is 0.493 e. The van der Waals surface area contributed by atoms with Gasteiger partial charge in [0.2, 0.25) is 0 Å². The molecule has 2 aromatic rings. The van der Waals surface area contributed by atoms with Crippen molar-refractivity contribution in [3.05, 3.63) is 53.2 Å². The molecule has 0 radical (unpaired) electrons. The summed E-state index contributed by atoms with van der Waals surface area (Å²) in [5.74, 6) is 2.62. The van der Waals surface area contributed by atoms with Gasteiger partial charge in [0.15, 0.2) is 5.96 Å². The molecule has 1 heterocycles. The number of guanidine groups is 1. The lowest BCUT2D eigenvalue weighted by Gasteiger charge is -2.16. The van der Waals surface area contributed by atoms with Gasteiger partial charge >= 0.3 is 0 Å². The Morgan fingerprint density at radius 2 is 1.93 bits per heavy atom. The van der Waals surface area contributed by atoms with E-state index in [0.29, 0.717) is 13.1 Å². The number of hydrogen-bond donors (Lipinski definition) is 2. The molecule has 6 nitrogen and oxygen atoms in total. The van der Waals surface area contributed by atoms with E-state index in [0.717, 1.165) is 41.7 Å². The van der Waals surface area contributed by atoms with E-state index < -0.39 is 0 Å². The van der Waals surface area contributed by atoms with Crippen LogP contribution in [0.25, 0.3) is 0 Å². The Balaban J connectivity index is 1.95. The second-order valence-corrected chi connectivity index (χ2v) is 6.66. The summed E-state index contributed by atoms with van der Waals surface area (Å²) in [6, 6.07) is 10.4. The van der Waals surface area contributed by atoms with Crippen molar-refractivity contribution in [2.75, 3.05) is 32.6 Å². The first kappa shape index (κ1) is 20.6. The van der Waals surface area contributed by atoms with Crippen molar-refractivity contribution >= 4 is 11.8 Å². The summed E-state index contributed by atoms with van der Waals surface area (Å²) in [5, 5.41) is 6.71. The maximum absolute atomic E-state index is 5.89. The van der Waals surface area contributed by atoms with E-state index in [-0.39, 0.29) is 0 Å². The molecule has 2 rings (SSSR count). The van der Waals surface area contributed by atoms with Crippen LogP contribution in [0.3, 0.4) is 0 Å². The first-order chi connectivity index (χ1) is 13.0. The van der Waals surface area contributed by atoms with Gasteiger partial charge in [-0.15, -0.1) is 0 Å². The van der Waals surface area contributed by atoms with Crippen LogP contribution >= 0.6 is 0 Å². The molecule has 1 aromatic carbocycles. The number of nitrogens with one attached hydrogen (secondary N) is 2. The van der Waals surface area contributed by atoms with Gasteiger partial charge in [-0.1, -0.05) is 19.1 Å². The SMILES string of the molecule is CCCOc1cc(C)ccc1CNC(=NC)NCc1ccnc(N(C)C)c1. The molecule has 0 fully saturated rings. The van der Waals surface area contributed by atoms with E-state index in [1.54, 1.807) is 7.05 Å². The summed E-state index contributed by atoms with van der Waals surface area (Å²) in [5.41, 5.74) is 3.47. The van der Waals surface area contributed by atoms with E-state index in [4.69, 9.17) is 4.74 Å². The van der Waals surface area contributed by atoms with Crippen LogP contribution in [0.2, 0.25) is 0 Å². The van der Waals surface area contributed by atoms with Crippen molar-refractivity contribution in [2.45, 2.75) is 33.4 Å². The van der Waals surface area contributed by atoms with Gasteiger partial charge in [-0.3, -0.25) is 4.99 Å². The van der Waals surface area contributed by atoms with Crippen molar-refractivity contribution < 1.29 is 4.74 Å². The van der Waals surface area contributed by atoms with E-state index >= 15 is 0 Å². The van der Waals surface area contributed by atoms with Gasteiger partial charge in [-0.05, 0) is 42.7 Å². The zero-order valence-corrected chi connectivity index (χ0v) is 17.0. The number of nitrogens with zero attached hydrogens (tertiary/aromatic N) is 3. The molecule has 0 aliphatic carbocycles. The molecule has 0 unspecified atom stereocenters. The minimum absolute atomic E-state index is 0.651. The molecule has 146 valence electrons. The maximum atomic E-state index is 5.89. The van der Waals surface area contributed by atoms with Crippen LogP contribution in [0.1, 0.15) is 30.0 Å². The highest BCUT2D eigenvalue weighted by atomic mass is 16.5. The third-order valence-corrected chi connectivity index (χ3v) is 4.08. The first-order valence-electron chi connectivity index (χ1n) is 9.32. The number of pyridine rings is 1. The highest BCUT2D eigenvalue weighted by Crippen LogP contribution is 2.20.